The van der Waals surface area contributed by atoms with Gasteiger partial charge in [-0.05, 0) is 13.1 Å². The highest BCUT2D eigenvalue weighted by Crippen LogP contribution is 1.87. The Morgan fingerprint density at radius 1 is 1.46 bits per heavy atom. The predicted molar refractivity (Wildman–Crippen MR) is 58.2 cm³/mol. The quantitative estimate of drug-likeness (QED) is 0.516. The molecule has 0 unspecified atom stereocenters. The maximum Gasteiger partial charge on any atom is 0.194 e. The molecule has 0 atom stereocenters. The van der Waals surface area contributed by atoms with Crippen molar-refractivity contribution in [3.05, 3.63) is 25.1 Å². The molecule has 4 heteroatoms. The van der Waals surface area contributed by atoms with Crippen LogP contribution in [0.3, 0.4) is 0 Å². The predicted octanol–water partition coefficient (Wildman–Crippen LogP) is 1.51. The zero-order valence-electron chi connectivity index (χ0n) is 7.77. The summed E-state index contributed by atoms with van der Waals surface area (Å²) < 4.78 is 0. The minimum Gasteiger partial charge on any atom is -0.381 e. The first-order valence-electron chi connectivity index (χ1n) is 3.90. The van der Waals surface area contributed by atoms with E-state index in [9.17, 15) is 0 Å². The van der Waals surface area contributed by atoms with Crippen LogP contribution in [0.25, 0.3) is 0 Å². The Kier molecular flexibility index (Phi) is 6.05. The number of hydrogen-bond acceptors (Lipinski definition) is 2. The number of aliphatic imine (C=N–C) groups is 3. The molecule has 0 spiro atoms. The number of hydrogen-bond donors (Lipinski definition) is 1. The largest absolute Gasteiger partial charge is 0.381 e. The molecule has 0 aromatic carbocycles. The van der Waals surface area contributed by atoms with Gasteiger partial charge in [-0.2, -0.15) is 0 Å². The molecular weight excluding hydrogens is 164 g/mol. The van der Waals surface area contributed by atoms with Gasteiger partial charge in [-0.25, -0.2) is 15.0 Å². The lowest BCUT2D eigenvalue weighted by atomic mass is 10.5. The smallest absolute Gasteiger partial charge is 0.194 e. The molecule has 13 heavy (non-hydrogen) atoms. The van der Waals surface area contributed by atoms with Gasteiger partial charge in [0.2, 0.25) is 0 Å². The molecular formula is C9H14N4. The van der Waals surface area contributed by atoms with Crippen LogP contribution in [0, 0.1) is 0 Å². The van der Waals surface area contributed by atoms with E-state index < -0.39 is 0 Å². The lowest BCUT2D eigenvalue weighted by molar-refractivity contribution is 1.21. The van der Waals surface area contributed by atoms with Gasteiger partial charge in [0.25, 0.3) is 0 Å². The SMILES string of the molecule is C=CN=C(N)C(N=C)=N/C=C\CC. The second-order valence-electron chi connectivity index (χ2n) is 2.10. The van der Waals surface area contributed by atoms with Crippen molar-refractivity contribution in [3.8, 4) is 0 Å². The Morgan fingerprint density at radius 2 is 2.15 bits per heavy atom. The zero-order valence-corrected chi connectivity index (χ0v) is 7.77. The summed E-state index contributed by atoms with van der Waals surface area (Å²) in [4.78, 5) is 11.3. The summed E-state index contributed by atoms with van der Waals surface area (Å²) in [5.41, 5.74) is 5.50. The maximum atomic E-state index is 5.50. The summed E-state index contributed by atoms with van der Waals surface area (Å²) in [6.07, 6.45) is 5.74. The molecule has 0 aliphatic rings. The summed E-state index contributed by atoms with van der Waals surface area (Å²) in [5, 5.41) is 0. The molecule has 0 radical (unpaired) electrons. The van der Waals surface area contributed by atoms with Crippen LogP contribution in [0.4, 0.5) is 0 Å². The lowest BCUT2D eigenvalue weighted by Gasteiger charge is -1.94. The Morgan fingerprint density at radius 3 is 2.62 bits per heavy atom. The van der Waals surface area contributed by atoms with Crippen molar-refractivity contribution in [3.63, 3.8) is 0 Å². The molecule has 0 fully saturated rings. The number of nitrogens with zero attached hydrogens (tertiary/aromatic N) is 3. The molecule has 0 heterocycles. The van der Waals surface area contributed by atoms with Crippen molar-refractivity contribution in [2.24, 2.45) is 20.7 Å². The molecule has 0 aromatic heterocycles. The van der Waals surface area contributed by atoms with E-state index in [0.717, 1.165) is 6.42 Å². The van der Waals surface area contributed by atoms with Gasteiger partial charge in [-0.15, -0.1) is 0 Å². The van der Waals surface area contributed by atoms with Crippen LogP contribution in [0.5, 0.6) is 0 Å². The second kappa shape index (κ2) is 6.97. The molecule has 0 aliphatic carbocycles. The van der Waals surface area contributed by atoms with Gasteiger partial charge < -0.3 is 5.73 Å². The highest BCUT2D eigenvalue weighted by Gasteiger charge is 1.97. The van der Waals surface area contributed by atoms with E-state index in [4.69, 9.17) is 5.73 Å². The highest BCUT2D eigenvalue weighted by molar-refractivity contribution is 6.41. The van der Waals surface area contributed by atoms with E-state index in [0.29, 0.717) is 5.84 Å². The topological polar surface area (TPSA) is 63.1 Å². The van der Waals surface area contributed by atoms with Gasteiger partial charge in [-0.3, -0.25) is 0 Å². The Hall–Kier alpha value is -1.71. The minimum absolute atomic E-state index is 0.214. The lowest BCUT2D eigenvalue weighted by Crippen LogP contribution is -2.21. The Balaban J connectivity index is 4.58. The van der Waals surface area contributed by atoms with Crippen molar-refractivity contribution in [2.75, 3.05) is 0 Å². The Labute approximate surface area is 78.3 Å². The number of rotatable bonds is 3. The van der Waals surface area contributed by atoms with Crippen molar-refractivity contribution in [1.29, 1.82) is 0 Å². The van der Waals surface area contributed by atoms with Gasteiger partial charge >= 0.3 is 0 Å². The van der Waals surface area contributed by atoms with Crippen LogP contribution in [0.1, 0.15) is 13.3 Å². The minimum atomic E-state index is 0.214. The van der Waals surface area contributed by atoms with E-state index in [1.165, 1.54) is 6.20 Å². The molecule has 0 amide bonds. The van der Waals surface area contributed by atoms with E-state index in [2.05, 4.69) is 28.3 Å². The van der Waals surface area contributed by atoms with Gasteiger partial charge in [0, 0.05) is 12.4 Å². The van der Waals surface area contributed by atoms with Crippen molar-refractivity contribution >= 4 is 18.4 Å². The number of allylic oxidation sites excluding steroid dienone is 1. The Bertz CT molecular complexity index is 261. The van der Waals surface area contributed by atoms with Crippen LogP contribution in [0.15, 0.2) is 40.0 Å². The maximum absolute atomic E-state index is 5.50. The molecule has 70 valence electrons. The molecule has 0 bridgehead atoms. The van der Waals surface area contributed by atoms with Crippen LogP contribution >= 0.6 is 0 Å². The first-order valence-corrected chi connectivity index (χ1v) is 3.90. The number of amidine groups is 2. The van der Waals surface area contributed by atoms with E-state index in [1.807, 2.05) is 13.0 Å². The summed E-state index contributed by atoms with van der Waals surface area (Å²) in [6, 6.07) is 0. The average Bonchev–Trinajstić information content (AvgIpc) is 2.13. The summed E-state index contributed by atoms with van der Waals surface area (Å²) in [5.74, 6) is 0.523. The molecule has 2 N–H and O–H groups in total. The van der Waals surface area contributed by atoms with Gasteiger partial charge in [0.1, 0.15) is 0 Å². The van der Waals surface area contributed by atoms with Crippen LogP contribution in [0.2, 0.25) is 0 Å². The molecule has 0 saturated heterocycles. The third kappa shape index (κ3) is 4.68. The summed E-state index contributed by atoms with van der Waals surface area (Å²) >= 11 is 0. The number of nitrogens with two attached hydrogens (primary N) is 1. The van der Waals surface area contributed by atoms with Crippen molar-refractivity contribution in [1.82, 2.24) is 0 Å². The summed E-state index contributed by atoms with van der Waals surface area (Å²) in [6.45, 7) is 8.75. The molecule has 0 saturated carbocycles. The molecule has 0 aromatic rings. The van der Waals surface area contributed by atoms with Gasteiger partial charge in [0.15, 0.2) is 11.7 Å². The average molecular weight is 178 g/mol. The normalized spacial score (nSPS) is 13.3. The first-order chi connectivity index (χ1) is 6.26. The van der Waals surface area contributed by atoms with Gasteiger partial charge in [0.05, 0.1) is 0 Å². The highest BCUT2D eigenvalue weighted by atomic mass is 15.0. The monoisotopic (exact) mass is 178 g/mol. The molecule has 0 rings (SSSR count). The van der Waals surface area contributed by atoms with Crippen LogP contribution < -0.4 is 5.73 Å². The van der Waals surface area contributed by atoms with Crippen LogP contribution in [-0.4, -0.2) is 18.4 Å². The fraction of sp³-hybridized carbons (Fsp3) is 0.222. The third-order valence-electron chi connectivity index (χ3n) is 1.15. The second-order valence-corrected chi connectivity index (χ2v) is 2.10. The summed E-state index contributed by atoms with van der Waals surface area (Å²) in [7, 11) is 0. The van der Waals surface area contributed by atoms with E-state index >= 15 is 0 Å². The van der Waals surface area contributed by atoms with Crippen molar-refractivity contribution < 1.29 is 0 Å². The van der Waals surface area contributed by atoms with Gasteiger partial charge in [-0.1, -0.05) is 19.6 Å². The molecule has 0 aliphatic heterocycles. The fourth-order valence-electron chi connectivity index (χ4n) is 0.573. The van der Waals surface area contributed by atoms with Crippen LogP contribution in [-0.2, 0) is 0 Å². The first kappa shape index (κ1) is 11.3. The van der Waals surface area contributed by atoms with E-state index in [-0.39, 0.29) is 5.84 Å². The van der Waals surface area contributed by atoms with E-state index in [1.54, 1.807) is 6.20 Å². The third-order valence-corrected chi connectivity index (χ3v) is 1.15. The fourth-order valence-corrected chi connectivity index (χ4v) is 0.573. The van der Waals surface area contributed by atoms with Crippen molar-refractivity contribution in [2.45, 2.75) is 13.3 Å². The molecule has 4 nitrogen and oxygen atoms in total. The standard InChI is InChI=1S/C9H14N4/c1-4-6-7-13-9(11-3)8(10)12-5-2/h5-7H,2-4H2,1H3,(H2,10,12)/b7-6-,13-9?. The zero-order chi connectivity index (χ0) is 10.1.